The standard InChI is InChI=1S/C16H25N7/c1-3-17-15-4-5-18-16(20-15)22-9-6-21(7-10-22)8-11-23-13-14(2)12-19-23/h4-5,12-13H,3,6-11H2,1-2H3,(H,17,18,20). The lowest BCUT2D eigenvalue weighted by Gasteiger charge is -2.34. The molecule has 1 saturated heterocycles. The lowest BCUT2D eigenvalue weighted by molar-refractivity contribution is 0.243. The fraction of sp³-hybridized carbons (Fsp3) is 0.562. The molecule has 0 atom stereocenters. The van der Waals surface area contributed by atoms with Crippen LogP contribution in [0.2, 0.25) is 0 Å². The Bertz CT molecular complexity index is 616. The van der Waals surface area contributed by atoms with Gasteiger partial charge in [-0.25, -0.2) is 4.98 Å². The summed E-state index contributed by atoms with van der Waals surface area (Å²) in [5, 5.41) is 7.58. The molecule has 1 aliphatic rings. The van der Waals surface area contributed by atoms with Crippen LogP contribution in [0.4, 0.5) is 11.8 Å². The molecule has 0 aliphatic carbocycles. The van der Waals surface area contributed by atoms with Crippen LogP contribution < -0.4 is 10.2 Å². The number of hydrogen-bond donors (Lipinski definition) is 1. The number of hydrogen-bond acceptors (Lipinski definition) is 6. The van der Waals surface area contributed by atoms with Crippen molar-refractivity contribution in [2.24, 2.45) is 0 Å². The van der Waals surface area contributed by atoms with E-state index in [0.29, 0.717) is 0 Å². The highest BCUT2D eigenvalue weighted by atomic mass is 15.3. The van der Waals surface area contributed by atoms with Crippen molar-refractivity contribution in [3.63, 3.8) is 0 Å². The number of aromatic nitrogens is 4. The van der Waals surface area contributed by atoms with Gasteiger partial charge in [0.15, 0.2) is 0 Å². The van der Waals surface area contributed by atoms with Gasteiger partial charge in [0.2, 0.25) is 5.95 Å². The Balaban J connectivity index is 1.49. The Kier molecular flexibility index (Phi) is 5.07. The van der Waals surface area contributed by atoms with Gasteiger partial charge < -0.3 is 10.2 Å². The number of anilines is 2. The van der Waals surface area contributed by atoms with Gasteiger partial charge in [0.25, 0.3) is 0 Å². The average molecular weight is 315 g/mol. The SMILES string of the molecule is CCNc1ccnc(N2CCN(CCn3cc(C)cn3)CC2)n1. The lowest BCUT2D eigenvalue weighted by Crippen LogP contribution is -2.47. The zero-order chi connectivity index (χ0) is 16.1. The molecule has 3 rings (SSSR count). The Labute approximate surface area is 137 Å². The van der Waals surface area contributed by atoms with E-state index in [-0.39, 0.29) is 0 Å². The van der Waals surface area contributed by atoms with Crippen molar-refractivity contribution in [3.8, 4) is 0 Å². The summed E-state index contributed by atoms with van der Waals surface area (Å²) in [6, 6.07) is 1.91. The van der Waals surface area contributed by atoms with E-state index >= 15 is 0 Å². The maximum absolute atomic E-state index is 4.58. The number of nitrogens with zero attached hydrogens (tertiary/aromatic N) is 6. The summed E-state index contributed by atoms with van der Waals surface area (Å²) in [5.41, 5.74) is 1.22. The minimum absolute atomic E-state index is 0.825. The van der Waals surface area contributed by atoms with Crippen LogP contribution in [0.25, 0.3) is 0 Å². The molecule has 0 bridgehead atoms. The van der Waals surface area contributed by atoms with Crippen molar-refractivity contribution in [3.05, 3.63) is 30.2 Å². The number of nitrogens with one attached hydrogen (secondary N) is 1. The maximum atomic E-state index is 4.58. The van der Waals surface area contributed by atoms with Gasteiger partial charge >= 0.3 is 0 Å². The molecule has 0 amide bonds. The van der Waals surface area contributed by atoms with Crippen LogP contribution in [0.15, 0.2) is 24.7 Å². The van der Waals surface area contributed by atoms with Gasteiger partial charge in [0.05, 0.1) is 12.7 Å². The summed E-state index contributed by atoms with van der Waals surface area (Å²) in [4.78, 5) is 13.7. The molecular weight excluding hydrogens is 290 g/mol. The van der Waals surface area contributed by atoms with Gasteiger partial charge in [-0.3, -0.25) is 9.58 Å². The lowest BCUT2D eigenvalue weighted by atomic mass is 10.3. The predicted molar refractivity (Wildman–Crippen MR) is 91.8 cm³/mol. The maximum Gasteiger partial charge on any atom is 0.227 e. The Morgan fingerprint density at radius 3 is 2.70 bits per heavy atom. The third-order valence-corrected chi connectivity index (χ3v) is 4.06. The van der Waals surface area contributed by atoms with E-state index in [1.54, 1.807) is 0 Å². The van der Waals surface area contributed by atoms with Crippen LogP contribution in [-0.2, 0) is 6.54 Å². The molecule has 3 heterocycles. The average Bonchev–Trinajstić information content (AvgIpc) is 3.00. The fourth-order valence-corrected chi connectivity index (χ4v) is 2.78. The van der Waals surface area contributed by atoms with Crippen molar-refractivity contribution >= 4 is 11.8 Å². The van der Waals surface area contributed by atoms with E-state index in [9.17, 15) is 0 Å². The second kappa shape index (κ2) is 7.41. The molecule has 124 valence electrons. The highest BCUT2D eigenvalue weighted by Gasteiger charge is 2.19. The molecule has 1 N–H and O–H groups in total. The van der Waals surface area contributed by atoms with Gasteiger partial charge in [-0.05, 0) is 25.5 Å². The molecule has 1 fully saturated rings. The Morgan fingerprint density at radius 1 is 1.17 bits per heavy atom. The highest BCUT2D eigenvalue weighted by molar-refractivity contribution is 5.41. The zero-order valence-electron chi connectivity index (χ0n) is 13.9. The summed E-state index contributed by atoms with van der Waals surface area (Å²) in [5.74, 6) is 1.72. The van der Waals surface area contributed by atoms with E-state index in [1.807, 2.05) is 23.1 Å². The summed E-state index contributed by atoms with van der Waals surface area (Å²) in [6.07, 6.45) is 5.83. The van der Waals surface area contributed by atoms with Crippen molar-refractivity contribution in [2.45, 2.75) is 20.4 Å². The van der Waals surface area contributed by atoms with Crippen LogP contribution in [0.3, 0.4) is 0 Å². The molecule has 7 heteroatoms. The Morgan fingerprint density at radius 2 is 2.00 bits per heavy atom. The molecule has 0 saturated carbocycles. The van der Waals surface area contributed by atoms with Crippen LogP contribution in [0, 0.1) is 6.92 Å². The third kappa shape index (κ3) is 4.19. The van der Waals surface area contributed by atoms with Crippen LogP contribution >= 0.6 is 0 Å². The summed E-state index contributed by atoms with van der Waals surface area (Å²) in [7, 11) is 0. The number of rotatable bonds is 6. The number of aryl methyl sites for hydroxylation is 1. The van der Waals surface area contributed by atoms with E-state index in [2.05, 4.69) is 50.2 Å². The van der Waals surface area contributed by atoms with E-state index < -0.39 is 0 Å². The first-order valence-corrected chi connectivity index (χ1v) is 8.28. The van der Waals surface area contributed by atoms with Gasteiger partial charge in [-0.15, -0.1) is 0 Å². The van der Waals surface area contributed by atoms with E-state index in [0.717, 1.165) is 57.6 Å². The quantitative estimate of drug-likeness (QED) is 0.865. The molecule has 0 spiro atoms. The molecule has 1 aliphatic heterocycles. The van der Waals surface area contributed by atoms with Gasteiger partial charge in [0, 0.05) is 51.7 Å². The first kappa shape index (κ1) is 15.7. The zero-order valence-corrected chi connectivity index (χ0v) is 13.9. The van der Waals surface area contributed by atoms with Crippen molar-refractivity contribution < 1.29 is 0 Å². The molecule has 0 unspecified atom stereocenters. The molecule has 0 radical (unpaired) electrons. The smallest absolute Gasteiger partial charge is 0.227 e. The predicted octanol–water partition coefficient (Wildman–Crippen LogP) is 1.24. The number of piperazine rings is 1. The Hall–Kier alpha value is -2.15. The molecule has 7 nitrogen and oxygen atoms in total. The second-order valence-corrected chi connectivity index (χ2v) is 5.88. The molecule has 2 aromatic heterocycles. The minimum atomic E-state index is 0.825. The molecular formula is C16H25N7. The summed E-state index contributed by atoms with van der Waals surface area (Å²) < 4.78 is 2.02. The first-order chi connectivity index (χ1) is 11.2. The van der Waals surface area contributed by atoms with Gasteiger partial charge in [0.1, 0.15) is 5.82 Å². The minimum Gasteiger partial charge on any atom is -0.370 e. The van der Waals surface area contributed by atoms with Crippen LogP contribution in [0.5, 0.6) is 0 Å². The van der Waals surface area contributed by atoms with E-state index in [1.165, 1.54) is 5.56 Å². The van der Waals surface area contributed by atoms with E-state index in [4.69, 9.17) is 0 Å². The summed E-state index contributed by atoms with van der Waals surface area (Å²) >= 11 is 0. The van der Waals surface area contributed by atoms with Crippen molar-refractivity contribution in [1.82, 2.24) is 24.6 Å². The summed E-state index contributed by atoms with van der Waals surface area (Å²) in [6.45, 7) is 11.0. The van der Waals surface area contributed by atoms with Crippen LogP contribution in [-0.4, -0.2) is 63.9 Å². The normalized spacial score (nSPS) is 15.8. The van der Waals surface area contributed by atoms with Crippen LogP contribution in [0.1, 0.15) is 12.5 Å². The van der Waals surface area contributed by atoms with Crippen molar-refractivity contribution in [1.29, 1.82) is 0 Å². The molecule has 23 heavy (non-hydrogen) atoms. The van der Waals surface area contributed by atoms with Gasteiger partial charge in [-0.2, -0.15) is 10.1 Å². The van der Waals surface area contributed by atoms with Gasteiger partial charge in [-0.1, -0.05) is 0 Å². The highest BCUT2D eigenvalue weighted by Crippen LogP contribution is 2.13. The monoisotopic (exact) mass is 315 g/mol. The van der Waals surface area contributed by atoms with Crippen molar-refractivity contribution in [2.75, 3.05) is 49.5 Å². The molecule has 0 aromatic carbocycles. The fourth-order valence-electron chi connectivity index (χ4n) is 2.78. The molecule has 2 aromatic rings. The topological polar surface area (TPSA) is 62.1 Å². The first-order valence-electron chi connectivity index (χ1n) is 8.28. The second-order valence-electron chi connectivity index (χ2n) is 5.88. The third-order valence-electron chi connectivity index (χ3n) is 4.06. The largest absolute Gasteiger partial charge is 0.370 e.